The van der Waals surface area contributed by atoms with Crippen molar-refractivity contribution in [1.29, 1.82) is 0 Å². The summed E-state index contributed by atoms with van der Waals surface area (Å²) in [5, 5.41) is 3.46. The van der Waals surface area contributed by atoms with Gasteiger partial charge in [0.25, 0.3) is 8.32 Å². The lowest BCUT2D eigenvalue weighted by Crippen LogP contribution is -2.67. The Kier molecular flexibility index (Phi) is 16.8. The number of allylic oxidation sites excluding steroid dienone is 4. The summed E-state index contributed by atoms with van der Waals surface area (Å²) in [5.74, 6) is 2.42. The SMILES string of the molecule is CCSC(CCCC/C=C\C[C@H](/C=C/C=C/CBr)O[Si](c1ccccc1)(c1ccccc1)C(C)(C)C)SCC. The molecule has 0 heterocycles. The molecule has 2 aromatic carbocycles. The van der Waals surface area contributed by atoms with Crippen molar-refractivity contribution in [2.45, 2.75) is 82.4 Å². The van der Waals surface area contributed by atoms with Crippen LogP contribution in [0.25, 0.3) is 0 Å². The van der Waals surface area contributed by atoms with Gasteiger partial charge in [0.15, 0.2) is 0 Å². The zero-order valence-corrected chi connectivity index (χ0v) is 28.9. The lowest BCUT2D eigenvalue weighted by Gasteiger charge is -2.44. The zero-order valence-electron chi connectivity index (χ0n) is 24.7. The third-order valence-electron chi connectivity index (χ3n) is 6.71. The summed E-state index contributed by atoms with van der Waals surface area (Å²) in [6.45, 7) is 11.6. The van der Waals surface area contributed by atoms with Gasteiger partial charge in [-0.05, 0) is 52.6 Å². The molecule has 0 unspecified atom stereocenters. The third kappa shape index (κ3) is 11.4. The quantitative estimate of drug-likeness (QED) is 0.0399. The Labute approximate surface area is 257 Å². The molecule has 0 saturated carbocycles. The van der Waals surface area contributed by atoms with Crippen molar-refractivity contribution in [2.24, 2.45) is 0 Å². The first-order valence-electron chi connectivity index (χ1n) is 14.4. The first-order valence-corrected chi connectivity index (χ1v) is 19.6. The van der Waals surface area contributed by atoms with Crippen molar-refractivity contribution < 1.29 is 4.43 Å². The minimum Gasteiger partial charge on any atom is -0.401 e. The second kappa shape index (κ2) is 19.2. The van der Waals surface area contributed by atoms with Gasteiger partial charge in [0, 0.05) is 5.33 Å². The summed E-state index contributed by atoms with van der Waals surface area (Å²) in [7, 11) is -2.61. The Morgan fingerprint density at radius 1 is 0.821 bits per heavy atom. The van der Waals surface area contributed by atoms with Gasteiger partial charge < -0.3 is 4.43 Å². The predicted octanol–water partition coefficient (Wildman–Crippen LogP) is 9.78. The van der Waals surface area contributed by atoms with Crippen molar-refractivity contribution in [3.63, 3.8) is 0 Å². The summed E-state index contributed by atoms with van der Waals surface area (Å²) in [4.78, 5) is 0. The van der Waals surface area contributed by atoms with Crippen LogP contribution >= 0.6 is 39.5 Å². The van der Waals surface area contributed by atoms with Crippen molar-refractivity contribution in [3.05, 3.63) is 97.1 Å². The van der Waals surface area contributed by atoms with Gasteiger partial charge in [-0.1, -0.05) is 154 Å². The molecule has 0 aromatic heterocycles. The summed E-state index contributed by atoms with van der Waals surface area (Å²) in [5.41, 5.74) is 0. The average molecular weight is 646 g/mol. The second-order valence-electron chi connectivity index (χ2n) is 10.6. The highest BCUT2D eigenvalue weighted by molar-refractivity contribution is 9.09. The van der Waals surface area contributed by atoms with Crippen LogP contribution in [0.4, 0.5) is 0 Å². The van der Waals surface area contributed by atoms with E-state index < -0.39 is 8.32 Å². The van der Waals surface area contributed by atoms with Crippen molar-refractivity contribution in [1.82, 2.24) is 0 Å². The second-order valence-corrected chi connectivity index (χ2v) is 18.8. The fraction of sp³-hybridized carbons (Fsp3) is 0.471. The first-order chi connectivity index (χ1) is 18.9. The standard InChI is InChI=1S/C34H49BrOS2Si/c1-6-37-33(38-7-2)28-20-10-8-9-14-22-30(23-15-13-21-29-35)36-39(34(3,4)5,31-24-16-11-17-25-31)32-26-18-12-19-27-32/h9,11-19,21,23-27,30,33H,6-8,10,20,22,28-29H2,1-5H3/b14-9-,21-13+,23-15+/t30-/m1/s1. The Hall–Kier alpha value is -0.983. The lowest BCUT2D eigenvalue weighted by molar-refractivity contribution is 0.236. The Bertz CT molecular complexity index is 940. The van der Waals surface area contributed by atoms with E-state index in [9.17, 15) is 0 Å². The van der Waals surface area contributed by atoms with Crippen LogP contribution in [-0.2, 0) is 4.43 Å². The first kappa shape index (κ1) is 34.2. The largest absolute Gasteiger partial charge is 0.401 e. The summed E-state index contributed by atoms with van der Waals surface area (Å²) >= 11 is 7.70. The van der Waals surface area contributed by atoms with E-state index >= 15 is 0 Å². The number of unbranched alkanes of at least 4 members (excludes halogenated alkanes) is 2. The normalized spacial score (nSPS) is 13.8. The van der Waals surface area contributed by atoms with E-state index in [1.165, 1.54) is 41.1 Å². The molecular formula is C34H49BrOS2Si. The van der Waals surface area contributed by atoms with Crippen LogP contribution in [-0.4, -0.2) is 35.8 Å². The maximum absolute atomic E-state index is 7.42. The summed E-state index contributed by atoms with van der Waals surface area (Å²) < 4.78 is 8.17. The average Bonchev–Trinajstić information content (AvgIpc) is 2.93. The van der Waals surface area contributed by atoms with Crippen molar-refractivity contribution in [2.75, 3.05) is 16.8 Å². The van der Waals surface area contributed by atoms with Crippen molar-refractivity contribution >= 4 is 58.1 Å². The van der Waals surface area contributed by atoms with Gasteiger partial charge in [-0.2, -0.15) is 0 Å². The number of rotatable bonds is 18. The molecule has 0 saturated heterocycles. The highest BCUT2D eigenvalue weighted by atomic mass is 79.9. The number of alkyl halides is 1. The van der Waals surface area contributed by atoms with Crippen molar-refractivity contribution in [3.8, 4) is 0 Å². The summed E-state index contributed by atoms with van der Waals surface area (Å²) in [6.07, 6.45) is 19.2. The smallest absolute Gasteiger partial charge is 0.261 e. The monoisotopic (exact) mass is 644 g/mol. The topological polar surface area (TPSA) is 9.23 Å². The van der Waals surface area contributed by atoms with E-state index in [1.807, 2.05) is 0 Å². The Morgan fingerprint density at radius 2 is 1.41 bits per heavy atom. The third-order valence-corrected chi connectivity index (χ3v) is 14.8. The molecular weight excluding hydrogens is 596 g/mol. The molecule has 214 valence electrons. The molecule has 1 atom stereocenters. The molecule has 2 aromatic rings. The van der Waals surface area contributed by atoms with Gasteiger partial charge in [0.2, 0.25) is 0 Å². The van der Waals surface area contributed by atoms with E-state index in [0.29, 0.717) is 0 Å². The molecule has 39 heavy (non-hydrogen) atoms. The number of thioether (sulfide) groups is 2. The van der Waals surface area contributed by atoms with E-state index in [1.54, 1.807) is 0 Å². The zero-order chi connectivity index (χ0) is 28.4. The molecule has 1 nitrogen and oxygen atoms in total. The molecule has 0 aliphatic rings. The van der Waals surface area contributed by atoms with E-state index in [2.05, 4.69) is 171 Å². The van der Waals surface area contributed by atoms with Crippen LogP contribution in [0, 0.1) is 0 Å². The maximum atomic E-state index is 7.42. The van der Waals surface area contributed by atoms with Crippen LogP contribution in [0.3, 0.4) is 0 Å². The van der Waals surface area contributed by atoms with Gasteiger partial charge in [-0.15, -0.1) is 23.5 Å². The molecule has 0 spiro atoms. The van der Waals surface area contributed by atoms with Gasteiger partial charge in [-0.3, -0.25) is 0 Å². The number of hydrogen-bond acceptors (Lipinski definition) is 3. The minimum atomic E-state index is -2.61. The highest BCUT2D eigenvalue weighted by Crippen LogP contribution is 2.38. The molecule has 0 fully saturated rings. The van der Waals surface area contributed by atoms with Gasteiger partial charge in [0.05, 0.1) is 10.7 Å². The molecule has 2 rings (SSSR count). The van der Waals surface area contributed by atoms with Crippen LogP contribution < -0.4 is 10.4 Å². The predicted molar refractivity (Wildman–Crippen MR) is 187 cm³/mol. The highest BCUT2D eigenvalue weighted by Gasteiger charge is 2.51. The van der Waals surface area contributed by atoms with Crippen LogP contribution in [0.15, 0.2) is 97.1 Å². The van der Waals surface area contributed by atoms with Gasteiger partial charge in [-0.25, -0.2) is 0 Å². The molecule has 0 aliphatic carbocycles. The molecule has 0 N–H and O–H groups in total. The Morgan fingerprint density at radius 3 is 1.92 bits per heavy atom. The minimum absolute atomic E-state index is 0.00109. The maximum Gasteiger partial charge on any atom is 0.261 e. The van der Waals surface area contributed by atoms with E-state index in [4.69, 9.17) is 4.43 Å². The van der Waals surface area contributed by atoms with E-state index in [-0.39, 0.29) is 11.1 Å². The van der Waals surface area contributed by atoms with Gasteiger partial charge >= 0.3 is 0 Å². The molecule has 0 aliphatic heterocycles. The fourth-order valence-corrected chi connectivity index (χ4v) is 12.4. The molecule has 0 bridgehead atoms. The number of benzene rings is 2. The number of hydrogen-bond donors (Lipinski definition) is 0. The molecule has 0 radical (unpaired) electrons. The lowest BCUT2D eigenvalue weighted by atomic mass is 10.1. The van der Waals surface area contributed by atoms with E-state index in [0.717, 1.165) is 22.8 Å². The van der Waals surface area contributed by atoms with Gasteiger partial charge in [0.1, 0.15) is 0 Å². The molecule has 0 amide bonds. The van der Waals surface area contributed by atoms with Crippen LogP contribution in [0.2, 0.25) is 5.04 Å². The Balaban J connectivity index is 2.24. The van der Waals surface area contributed by atoms with Crippen LogP contribution in [0.5, 0.6) is 0 Å². The summed E-state index contributed by atoms with van der Waals surface area (Å²) in [6, 6.07) is 21.9. The number of halogens is 1. The van der Waals surface area contributed by atoms with Crippen LogP contribution in [0.1, 0.15) is 66.7 Å². The fourth-order valence-electron chi connectivity index (χ4n) is 4.91. The molecule has 5 heteroatoms.